The molecule has 2 aliphatic rings. The topological polar surface area (TPSA) is 54.4 Å². The summed E-state index contributed by atoms with van der Waals surface area (Å²) in [6.07, 6.45) is 11.9. The van der Waals surface area contributed by atoms with E-state index >= 15 is 0 Å². The van der Waals surface area contributed by atoms with Gasteiger partial charge < -0.3 is 5.11 Å². The highest BCUT2D eigenvalue weighted by molar-refractivity contribution is 5.97. The van der Waals surface area contributed by atoms with Gasteiger partial charge in [0.05, 0.1) is 0 Å². The number of carbonyl (C=O) groups is 2. The van der Waals surface area contributed by atoms with Gasteiger partial charge in [0.1, 0.15) is 0 Å². The molecule has 2 atom stereocenters. The van der Waals surface area contributed by atoms with E-state index in [2.05, 4.69) is 19.1 Å². The first-order valence-corrected chi connectivity index (χ1v) is 8.16. The predicted molar refractivity (Wildman–Crippen MR) is 83.0 cm³/mol. The van der Waals surface area contributed by atoms with Crippen LogP contribution in [-0.4, -0.2) is 16.9 Å². The first-order valence-electron chi connectivity index (χ1n) is 8.16. The number of carboxylic acid groups (broad SMARTS) is 1. The molecule has 0 radical (unpaired) electrons. The van der Waals surface area contributed by atoms with Crippen LogP contribution >= 0.6 is 0 Å². The molecule has 3 nitrogen and oxygen atoms in total. The molecule has 0 fully saturated rings. The highest BCUT2D eigenvalue weighted by Crippen LogP contribution is 2.31. The fourth-order valence-corrected chi connectivity index (χ4v) is 3.29. The molecule has 0 bridgehead atoms. The zero-order valence-electron chi connectivity index (χ0n) is 12.9. The van der Waals surface area contributed by atoms with Crippen LogP contribution in [0, 0.1) is 11.8 Å². The van der Waals surface area contributed by atoms with Crippen LogP contribution in [0.5, 0.6) is 0 Å². The van der Waals surface area contributed by atoms with Crippen molar-refractivity contribution in [3.8, 4) is 0 Å². The molecule has 1 N–H and O–H groups in total. The zero-order chi connectivity index (χ0) is 15.2. The summed E-state index contributed by atoms with van der Waals surface area (Å²) < 4.78 is 0. The highest BCUT2D eigenvalue weighted by atomic mass is 16.4. The molecule has 0 saturated heterocycles. The molecule has 2 aliphatic carbocycles. The van der Waals surface area contributed by atoms with Crippen LogP contribution in [0.3, 0.4) is 0 Å². The van der Waals surface area contributed by atoms with E-state index in [1.54, 1.807) is 0 Å². The van der Waals surface area contributed by atoms with Crippen molar-refractivity contribution in [1.82, 2.24) is 0 Å². The molecular weight excluding hydrogens is 264 g/mol. The SMILES string of the molecule is CC1CC=C(CC(=O)C2=CCCC(CCC(=O)O)C2)CC1. The lowest BCUT2D eigenvalue weighted by atomic mass is 9.82. The Morgan fingerprint density at radius 3 is 2.76 bits per heavy atom. The molecule has 21 heavy (non-hydrogen) atoms. The number of aliphatic carboxylic acids is 1. The molecule has 2 unspecified atom stereocenters. The van der Waals surface area contributed by atoms with Crippen molar-refractivity contribution in [2.24, 2.45) is 11.8 Å². The molecule has 0 aliphatic heterocycles. The number of hydrogen-bond acceptors (Lipinski definition) is 2. The Hall–Kier alpha value is -1.38. The second-order valence-corrected chi connectivity index (χ2v) is 6.65. The lowest BCUT2D eigenvalue weighted by molar-refractivity contribution is -0.137. The lowest BCUT2D eigenvalue weighted by Crippen LogP contribution is -2.15. The van der Waals surface area contributed by atoms with Crippen LogP contribution in [0.15, 0.2) is 23.3 Å². The van der Waals surface area contributed by atoms with Crippen molar-refractivity contribution in [2.45, 2.75) is 64.7 Å². The molecule has 0 heterocycles. The van der Waals surface area contributed by atoms with E-state index < -0.39 is 5.97 Å². The molecule has 0 aromatic carbocycles. The zero-order valence-corrected chi connectivity index (χ0v) is 12.9. The summed E-state index contributed by atoms with van der Waals surface area (Å²) >= 11 is 0. The van der Waals surface area contributed by atoms with E-state index in [1.165, 1.54) is 12.0 Å². The Kier molecular flexibility index (Phi) is 5.77. The van der Waals surface area contributed by atoms with E-state index in [1.807, 2.05) is 0 Å². The smallest absolute Gasteiger partial charge is 0.303 e. The van der Waals surface area contributed by atoms with E-state index in [9.17, 15) is 9.59 Å². The summed E-state index contributed by atoms with van der Waals surface area (Å²) in [7, 11) is 0. The Morgan fingerprint density at radius 2 is 2.10 bits per heavy atom. The second-order valence-electron chi connectivity index (χ2n) is 6.65. The number of carboxylic acids is 1. The quantitative estimate of drug-likeness (QED) is 0.743. The fourth-order valence-electron chi connectivity index (χ4n) is 3.29. The van der Waals surface area contributed by atoms with Gasteiger partial charge >= 0.3 is 5.97 Å². The summed E-state index contributed by atoms with van der Waals surface area (Å²) in [5.41, 5.74) is 2.24. The molecule has 0 amide bonds. The molecule has 3 heteroatoms. The lowest BCUT2D eigenvalue weighted by Gasteiger charge is -2.23. The van der Waals surface area contributed by atoms with Gasteiger partial charge in [-0.1, -0.05) is 24.6 Å². The molecule has 0 aromatic heterocycles. The third-order valence-electron chi connectivity index (χ3n) is 4.75. The van der Waals surface area contributed by atoms with E-state index in [-0.39, 0.29) is 12.2 Å². The van der Waals surface area contributed by atoms with Gasteiger partial charge in [0, 0.05) is 12.8 Å². The third-order valence-corrected chi connectivity index (χ3v) is 4.75. The number of ketones is 1. The second kappa shape index (κ2) is 7.58. The summed E-state index contributed by atoms with van der Waals surface area (Å²) in [6, 6.07) is 0. The Bertz CT molecular complexity index is 459. The minimum absolute atomic E-state index is 0.217. The number of hydrogen-bond donors (Lipinski definition) is 1. The average molecular weight is 290 g/mol. The maximum absolute atomic E-state index is 12.4. The van der Waals surface area contributed by atoms with Gasteiger partial charge in [-0.3, -0.25) is 9.59 Å². The molecule has 0 spiro atoms. The summed E-state index contributed by atoms with van der Waals surface area (Å²) in [6.45, 7) is 2.26. The van der Waals surface area contributed by atoms with Crippen LogP contribution < -0.4 is 0 Å². The standard InChI is InChI=1S/C18H26O3/c1-13-5-7-15(8-6-13)12-17(19)16-4-2-3-14(11-16)9-10-18(20)21/h4,7,13-14H,2-3,5-6,8-12H2,1H3,(H,20,21). The van der Waals surface area contributed by atoms with Gasteiger partial charge in [0.15, 0.2) is 5.78 Å². The van der Waals surface area contributed by atoms with E-state index in [0.29, 0.717) is 18.8 Å². The van der Waals surface area contributed by atoms with Gasteiger partial charge in [-0.25, -0.2) is 0 Å². The Balaban J connectivity index is 1.84. The number of allylic oxidation sites excluding steroid dienone is 4. The summed E-state index contributed by atoms with van der Waals surface area (Å²) in [5.74, 6) is 0.637. The maximum Gasteiger partial charge on any atom is 0.303 e. The number of rotatable bonds is 6. The van der Waals surface area contributed by atoms with Gasteiger partial charge in [-0.2, -0.15) is 0 Å². The molecule has 0 aromatic rings. The van der Waals surface area contributed by atoms with E-state index in [0.717, 1.165) is 43.6 Å². The Morgan fingerprint density at radius 1 is 1.29 bits per heavy atom. The van der Waals surface area contributed by atoms with Crippen LogP contribution in [0.1, 0.15) is 64.7 Å². The van der Waals surface area contributed by atoms with Crippen molar-refractivity contribution >= 4 is 11.8 Å². The van der Waals surface area contributed by atoms with Crippen LogP contribution in [0.25, 0.3) is 0 Å². The minimum Gasteiger partial charge on any atom is -0.481 e. The van der Waals surface area contributed by atoms with Crippen molar-refractivity contribution < 1.29 is 14.7 Å². The first-order chi connectivity index (χ1) is 10.0. The normalized spacial score (nSPS) is 26.0. The highest BCUT2D eigenvalue weighted by Gasteiger charge is 2.22. The third kappa shape index (κ3) is 5.14. The number of carbonyl (C=O) groups excluding carboxylic acids is 1. The van der Waals surface area contributed by atoms with Crippen molar-refractivity contribution in [2.75, 3.05) is 0 Å². The van der Waals surface area contributed by atoms with Gasteiger partial charge in [-0.15, -0.1) is 0 Å². The predicted octanol–water partition coefficient (Wildman–Crippen LogP) is 4.28. The largest absolute Gasteiger partial charge is 0.481 e. The molecule has 116 valence electrons. The van der Waals surface area contributed by atoms with Crippen molar-refractivity contribution in [1.29, 1.82) is 0 Å². The Labute approximate surface area is 127 Å². The van der Waals surface area contributed by atoms with Crippen LogP contribution in [0.4, 0.5) is 0 Å². The van der Waals surface area contributed by atoms with Crippen molar-refractivity contribution in [3.05, 3.63) is 23.3 Å². The molecular formula is C18H26O3. The first kappa shape index (κ1) is 16.0. The van der Waals surface area contributed by atoms with Gasteiger partial charge in [-0.05, 0) is 62.4 Å². The van der Waals surface area contributed by atoms with Gasteiger partial charge in [0.25, 0.3) is 0 Å². The molecule has 0 saturated carbocycles. The summed E-state index contributed by atoms with van der Waals surface area (Å²) in [5, 5.41) is 8.77. The fraction of sp³-hybridized carbons (Fsp3) is 0.667. The van der Waals surface area contributed by atoms with Gasteiger partial charge in [0.2, 0.25) is 0 Å². The van der Waals surface area contributed by atoms with Crippen LogP contribution in [-0.2, 0) is 9.59 Å². The minimum atomic E-state index is -0.737. The van der Waals surface area contributed by atoms with Crippen molar-refractivity contribution in [3.63, 3.8) is 0 Å². The molecule has 2 rings (SSSR count). The monoisotopic (exact) mass is 290 g/mol. The van der Waals surface area contributed by atoms with E-state index in [4.69, 9.17) is 5.11 Å². The average Bonchev–Trinajstić information content (AvgIpc) is 2.48. The summed E-state index contributed by atoms with van der Waals surface area (Å²) in [4.78, 5) is 23.1. The maximum atomic E-state index is 12.4. The number of Topliss-reactive ketones (excluding diaryl/α,β-unsaturated/α-hetero) is 1. The van der Waals surface area contributed by atoms with Crippen LogP contribution in [0.2, 0.25) is 0 Å².